The third-order valence-corrected chi connectivity index (χ3v) is 5.44. The second-order valence-corrected chi connectivity index (χ2v) is 7.91. The predicted octanol–water partition coefficient (Wildman–Crippen LogP) is 4.41. The molecule has 2 heterocycles. The van der Waals surface area contributed by atoms with E-state index in [0.29, 0.717) is 13.0 Å². The van der Waals surface area contributed by atoms with Gasteiger partial charge in [-0.2, -0.15) is 5.10 Å². The minimum atomic E-state index is -0.229. The van der Waals surface area contributed by atoms with Gasteiger partial charge in [-0.15, -0.1) is 0 Å². The number of furan rings is 1. The van der Waals surface area contributed by atoms with E-state index in [1.165, 1.54) is 5.56 Å². The number of ether oxygens (including phenoxy) is 1. The number of likely N-dealkylation sites (N-methyl/N-ethyl adjacent to an activating group) is 1. The van der Waals surface area contributed by atoms with Gasteiger partial charge in [0.2, 0.25) is 0 Å². The Bertz CT molecular complexity index is 1040. The van der Waals surface area contributed by atoms with E-state index in [4.69, 9.17) is 14.3 Å². The number of hydrazone groups is 1. The smallest absolute Gasteiger partial charge is 0.257 e. The van der Waals surface area contributed by atoms with Gasteiger partial charge in [-0.25, -0.2) is 5.01 Å². The van der Waals surface area contributed by atoms with Gasteiger partial charge in [-0.1, -0.05) is 42.0 Å². The molecule has 1 aromatic heterocycles. The number of benzene rings is 2. The van der Waals surface area contributed by atoms with Gasteiger partial charge >= 0.3 is 0 Å². The topological polar surface area (TPSA) is 58.3 Å². The van der Waals surface area contributed by atoms with Crippen LogP contribution in [0.25, 0.3) is 0 Å². The van der Waals surface area contributed by atoms with Gasteiger partial charge in [0.05, 0.1) is 25.6 Å². The molecule has 6 heteroatoms. The van der Waals surface area contributed by atoms with Gasteiger partial charge < -0.3 is 9.15 Å². The first kappa shape index (κ1) is 20.9. The van der Waals surface area contributed by atoms with Crippen molar-refractivity contribution in [2.24, 2.45) is 5.10 Å². The third kappa shape index (κ3) is 4.86. The summed E-state index contributed by atoms with van der Waals surface area (Å²) in [6.45, 7) is 2.97. The molecule has 31 heavy (non-hydrogen) atoms. The minimum Gasteiger partial charge on any atom is -0.497 e. The lowest BCUT2D eigenvalue weighted by Crippen LogP contribution is -2.36. The van der Waals surface area contributed by atoms with Crippen LogP contribution in [0.15, 0.2) is 76.4 Å². The second kappa shape index (κ2) is 9.18. The fourth-order valence-electron chi connectivity index (χ4n) is 3.77. The Hall–Kier alpha value is -3.38. The van der Waals surface area contributed by atoms with Crippen LogP contribution < -0.4 is 4.74 Å². The van der Waals surface area contributed by atoms with E-state index in [2.05, 4.69) is 31.2 Å². The summed E-state index contributed by atoms with van der Waals surface area (Å²) in [7, 11) is 3.58. The van der Waals surface area contributed by atoms with Crippen LogP contribution in [0.4, 0.5) is 0 Å². The first-order chi connectivity index (χ1) is 15.0. The lowest BCUT2D eigenvalue weighted by atomic mass is 10.0. The highest BCUT2D eigenvalue weighted by atomic mass is 16.5. The Balaban J connectivity index is 1.49. The number of methoxy groups -OCH3 is 1. The van der Waals surface area contributed by atoms with E-state index in [0.717, 1.165) is 28.3 Å². The number of nitrogens with zero attached hydrogens (tertiary/aromatic N) is 3. The molecule has 0 saturated carbocycles. The molecule has 1 aliphatic rings. The molecule has 3 aromatic rings. The average Bonchev–Trinajstić information content (AvgIpc) is 3.45. The summed E-state index contributed by atoms with van der Waals surface area (Å²) < 4.78 is 10.8. The quantitative estimate of drug-likeness (QED) is 0.572. The second-order valence-electron chi connectivity index (χ2n) is 7.91. The maximum absolute atomic E-state index is 13.2. The number of amides is 1. The van der Waals surface area contributed by atoms with E-state index in [1.54, 1.807) is 18.4 Å². The van der Waals surface area contributed by atoms with Crippen LogP contribution in [0, 0.1) is 6.92 Å². The molecule has 1 unspecified atom stereocenters. The van der Waals surface area contributed by atoms with Crippen molar-refractivity contribution in [3.63, 3.8) is 0 Å². The molecule has 1 atom stereocenters. The van der Waals surface area contributed by atoms with Crippen molar-refractivity contribution in [3.05, 3.63) is 89.4 Å². The standard InChI is InChI=1S/C25H27N3O3/c1-18-6-10-20(11-7-18)22-15-23(24-5-4-14-31-24)28(26-22)25(29)17-27(2)16-19-8-12-21(30-3)13-9-19/h4-14,23H,15-17H2,1-3H3. The molecular weight excluding hydrogens is 390 g/mol. The SMILES string of the molecule is COc1ccc(CN(C)CC(=O)N2N=C(c3ccc(C)cc3)CC2c2ccco2)cc1. The van der Waals surface area contributed by atoms with E-state index >= 15 is 0 Å². The van der Waals surface area contributed by atoms with Gasteiger partial charge in [-0.05, 0) is 49.4 Å². The van der Waals surface area contributed by atoms with E-state index in [9.17, 15) is 4.79 Å². The van der Waals surface area contributed by atoms with Crippen molar-refractivity contribution in [2.45, 2.75) is 25.9 Å². The molecule has 2 aromatic carbocycles. The Kier molecular flexibility index (Phi) is 6.18. The summed E-state index contributed by atoms with van der Waals surface area (Å²) >= 11 is 0. The molecule has 0 aliphatic carbocycles. The van der Waals surface area contributed by atoms with Crippen molar-refractivity contribution in [1.29, 1.82) is 0 Å². The van der Waals surface area contributed by atoms with Crippen LogP contribution >= 0.6 is 0 Å². The van der Waals surface area contributed by atoms with Crippen molar-refractivity contribution in [3.8, 4) is 5.75 Å². The van der Waals surface area contributed by atoms with Crippen LogP contribution in [-0.4, -0.2) is 42.2 Å². The molecule has 6 nitrogen and oxygen atoms in total. The van der Waals surface area contributed by atoms with Gasteiger partial charge in [0, 0.05) is 13.0 Å². The highest BCUT2D eigenvalue weighted by Gasteiger charge is 2.35. The number of hydrogen-bond acceptors (Lipinski definition) is 5. The fourth-order valence-corrected chi connectivity index (χ4v) is 3.77. The summed E-state index contributed by atoms with van der Waals surface area (Å²) in [6.07, 6.45) is 2.27. The third-order valence-electron chi connectivity index (χ3n) is 5.44. The molecule has 0 N–H and O–H groups in total. The van der Waals surface area contributed by atoms with Crippen molar-refractivity contribution >= 4 is 11.6 Å². The van der Waals surface area contributed by atoms with E-state index in [1.807, 2.05) is 48.3 Å². The van der Waals surface area contributed by atoms with Crippen LogP contribution in [0.1, 0.15) is 34.9 Å². The molecule has 0 saturated heterocycles. The molecule has 160 valence electrons. The monoisotopic (exact) mass is 417 g/mol. The summed E-state index contributed by atoms with van der Waals surface area (Å²) in [5.74, 6) is 1.51. The molecule has 0 radical (unpaired) electrons. The lowest BCUT2D eigenvalue weighted by Gasteiger charge is -2.23. The summed E-state index contributed by atoms with van der Waals surface area (Å²) in [5, 5.41) is 6.29. The highest BCUT2D eigenvalue weighted by molar-refractivity contribution is 6.03. The molecule has 0 fully saturated rings. The summed E-state index contributed by atoms with van der Waals surface area (Å²) in [4.78, 5) is 15.2. The normalized spacial score (nSPS) is 15.9. The molecule has 0 bridgehead atoms. The zero-order valence-electron chi connectivity index (χ0n) is 18.1. The first-order valence-corrected chi connectivity index (χ1v) is 10.3. The van der Waals surface area contributed by atoms with Gasteiger partial charge in [0.25, 0.3) is 5.91 Å². The maximum atomic E-state index is 13.2. The summed E-state index contributed by atoms with van der Waals surface area (Å²) in [6, 6.07) is 19.6. The van der Waals surface area contributed by atoms with Crippen molar-refractivity contribution < 1.29 is 13.9 Å². The van der Waals surface area contributed by atoms with Crippen LogP contribution in [-0.2, 0) is 11.3 Å². The van der Waals surface area contributed by atoms with Crippen molar-refractivity contribution in [2.75, 3.05) is 20.7 Å². The number of aryl methyl sites for hydroxylation is 1. The van der Waals surface area contributed by atoms with Gasteiger partial charge in [-0.3, -0.25) is 9.69 Å². The average molecular weight is 418 g/mol. The summed E-state index contributed by atoms with van der Waals surface area (Å²) in [5.41, 5.74) is 4.23. The zero-order chi connectivity index (χ0) is 21.8. The molecule has 1 amide bonds. The molecule has 4 rings (SSSR count). The maximum Gasteiger partial charge on any atom is 0.257 e. The Labute approximate surface area is 182 Å². The van der Waals surface area contributed by atoms with Gasteiger partial charge in [0.15, 0.2) is 0 Å². The van der Waals surface area contributed by atoms with Gasteiger partial charge in [0.1, 0.15) is 17.6 Å². The first-order valence-electron chi connectivity index (χ1n) is 10.3. The largest absolute Gasteiger partial charge is 0.497 e. The van der Waals surface area contributed by atoms with Crippen molar-refractivity contribution in [1.82, 2.24) is 9.91 Å². The van der Waals surface area contributed by atoms with Crippen LogP contribution in [0.3, 0.4) is 0 Å². The lowest BCUT2D eigenvalue weighted by molar-refractivity contribution is -0.134. The van der Waals surface area contributed by atoms with Crippen LogP contribution in [0.5, 0.6) is 5.75 Å². The fraction of sp³-hybridized carbons (Fsp3) is 0.280. The minimum absolute atomic E-state index is 0.0560. The van der Waals surface area contributed by atoms with Crippen LogP contribution in [0.2, 0.25) is 0 Å². The number of carbonyl (C=O) groups is 1. The number of rotatable bonds is 7. The number of carbonyl (C=O) groups excluding carboxylic acids is 1. The molecule has 1 aliphatic heterocycles. The molecular formula is C25H27N3O3. The zero-order valence-corrected chi connectivity index (χ0v) is 18.1. The Morgan fingerprint density at radius 3 is 2.55 bits per heavy atom. The Morgan fingerprint density at radius 2 is 1.90 bits per heavy atom. The Morgan fingerprint density at radius 1 is 1.16 bits per heavy atom. The highest BCUT2D eigenvalue weighted by Crippen LogP contribution is 2.33. The molecule has 0 spiro atoms. The van der Waals surface area contributed by atoms with E-state index in [-0.39, 0.29) is 18.5 Å². The predicted molar refractivity (Wildman–Crippen MR) is 120 cm³/mol. The van der Waals surface area contributed by atoms with E-state index < -0.39 is 0 Å². The number of hydrogen-bond donors (Lipinski definition) is 0.